The molecular formula is C10H17N7O2S2. The van der Waals surface area contributed by atoms with Gasteiger partial charge < -0.3 is 22.1 Å². The number of nitro groups is 1. The number of nitrogens with one attached hydrogen (secondary N) is 2. The van der Waals surface area contributed by atoms with Crippen LogP contribution in [0.5, 0.6) is 0 Å². The van der Waals surface area contributed by atoms with Gasteiger partial charge in [0.1, 0.15) is 0 Å². The minimum Gasteiger partial charge on any atom is -0.370 e. The normalized spacial score (nSPS) is 11.0. The van der Waals surface area contributed by atoms with Gasteiger partial charge in [0.25, 0.3) is 6.20 Å². The van der Waals surface area contributed by atoms with Gasteiger partial charge in [-0.2, -0.15) is 16.8 Å². The van der Waals surface area contributed by atoms with Crippen LogP contribution in [0.2, 0.25) is 0 Å². The Bertz CT molecular complexity index is 525. The predicted octanol–water partition coefficient (Wildman–Crippen LogP) is 0.166. The molecule has 9 nitrogen and oxygen atoms in total. The zero-order valence-electron chi connectivity index (χ0n) is 11.4. The monoisotopic (exact) mass is 331 g/mol. The van der Waals surface area contributed by atoms with E-state index in [2.05, 4.69) is 20.6 Å². The molecule has 0 atom stereocenters. The standard InChI is InChI=1S/C10H17N7O2S2/c1-13-8(4-17(18)19)14-2-3-20-5-7-6-21-10(15-7)16-9(11)12/h4,6,13-14H,2-3,5H2,1H3,(H4,11,12,15,16)/b8-4-. The van der Waals surface area contributed by atoms with Crippen LogP contribution in [0.4, 0.5) is 5.13 Å². The Balaban J connectivity index is 2.27. The second-order valence-electron chi connectivity index (χ2n) is 3.72. The molecule has 0 fully saturated rings. The number of aromatic nitrogens is 1. The number of hydrogen-bond donors (Lipinski definition) is 4. The van der Waals surface area contributed by atoms with Crippen LogP contribution in [-0.4, -0.2) is 35.2 Å². The van der Waals surface area contributed by atoms with Crippen LogP contribution in [0, 0.1) is 10.1 Å². The lowest BCUT2D eigenvalue weighted by Gasteiger charge is -2.06. The molecule has 0 bridgehead atoms. The second-order valence-corrected chi connectivity index (χ2v) is 5.66. The highest BCUT2D eigenvalue weighted by Gasteiger charge is 2.02. The third kappa shape index (κ3) is 7.37. The molecule has 1 rings (SSSR count). The van der Waals surface area contributed by atoms with Gasteiger partial charge in [-0.1, -0.05) is 0 Å². The molecule has 0 spiro atoms. The molecule has 116 valence electrons. The van der Waals surface area contributed by atoms with E-state index < -0.39 is 4.92 Å². The summed E-state index contributed by atoms with van der Waals surface area (Å²) in [5.41, 5.74) is 11.4. The van der Waals surface area contributed by atoms with Crippen molar-refractivity contribution < 1.29 is 4.92 Å². The summed E-state index contributed by atoms with van der Waals surface area (Å²) < 4.78 is 0. The van der Waals surface area contributed by atoms with Crippen molar-refractivity contribution in [2.24, 2.45) is 16.5 Å². The van der Waals surface area contributed by atoms with Crippen molar-refractivity contribution in [2.45, 2.75) is 5.75 Å². The quantitative estimate of drug-likeness (QED) is 0.165. The lowest BCUT2D eigenvalue weighted by Crippen LogP contribution is -2.26. The van der Waals surface area contributed by atoms with Gasteiger partial charge in [0.15, 0.2) is 11.8 Å². The number of aliphatic imine (C=N–C) groups is 1. The highest BCUT2D eigenvalue weighted by Crippen LogP contribution is 2.21. The zero-order chi connectivity index (χ0) is 15.7. The highest BCUT2D eigenvalue weighted by atomic mass is 32.2. The Kier molecular flexibility index (Phi) is 7.32. The van der Waals surface area contributed by atoms with Gasteiger partial charge in [0.05, 0.1) is 10.6 Å². The van der Waals surface area contributed by atoms with Gasteiger partial charge in [0, 0.05) is 30.5 Å². The summed E-state index contributed by atoms with van der Waals surface area (Å²) in [7, 11) is 1.62. The molecule has 11 heteroatoms. The molecule has 0 saturated carbocycles. The van der Waals surface area contributed by atoms with Crippen LogP contribution in [0.25, 0.3) is 0 Å². The summed E-state index contributed by atoms with van der Waals surface area (Å²) in [4.78, 5) is 17.9. The fraction of sp³-hybridized carbons (Fsp3) is 0.400. The topological polar surface area (TPSA) is 144 Å². The first kappa shape index (κ1) is 17.0. The van der Waals surface area contributed by atoms with Gasteiger partial charge in [-0.15, -0.1) is 11.3 Å². The Hall–Kier alpha value is -2.01. The van der Waals surface area contributed by atoms with Crippen molar-refractivity contribution in [1.29, 1.82) is 0 Å². The van der Waals surface area contributed by atoms with Crippen molar-refractivity contribution in [1.82, 2.24) is 15.6 Å². The Morgan fingerprint density at radius 3 is 3.05 bits per heavy atom. The SMILES string of the molecule is CN/C(=C/[N+](=O)[O-])NCCSCc1csc(N=C(N)N)n1. The number of thiazole rings is 1. The summed E-state index contributed by atoms with van der Waals surface area (Å²) in [6.07, 6.45) is 0.895. The third-order valence-corrected chi connectivity index (χ3v) is 3.86. The minimum atomic E-state index is -0.507. The average molecular weight is 331 g/mol. The molecule has 0 unspecified atom stereocenters. The van der Waals surface area contributed by atoms with Gasteiger partial charge in [-0.3, -0.25) is 10.1 Å². The molecule has 1 aromatic heterocycles. The zero-order valence-corrected chi connectivity index (χ0v) is 13.0. The predicted molar refractivity (Wildman–Crippen MR) is 85.9 cm³/mol. The Labute approximate surface area is 130 Å². The van der Waals surface area contributed by atoms with E-state index in [0.717, 1.165) is 23.4 Å². The average Bonchev–Trinajstić information content (AvgIpc) is 2.83. The van der Waals surface area contributed by atoms with E-state index in [4.69, 9.17) is 11.5 Å². The molecule has 0 radical (unpaired) electrons. The van der Waals surface area contributed by atoms with Crippen molar-refractivity contribution in [3.05, 3.63) is 33.2 Å². The maximum Gasteiger partial charge on any atom is 0.274 e. The maximum absolute atomic E-state index is 10.3. The van der Waals surface area contributed by atoms with Gasteiger partial charge in [0.2, 0.25) is 5.13 Å². The first-order chi connectivity index (χ1) is 10.0. The van der Waals surface area contributed by atoms with Crippen LogP contribution in [0.3, 0.4) is 0 Å². The first-order valence-corrected chi connectivity index (χ1v) is 7.93. The summed E-state index contributed by atoms with van der Waals surface area (Å²) in [6.45, 7) is 0.607. The van der Waals surface area contributed by atoms with Crippen molar-refractivity contribution in [3.8, 4) is 0 Å². The molecule has 0 aliphatic heterocycles. The molecule has 0 saturated heterocycles. The van der Waals surface area contributed by atoms with Crippen LogP contribution in [0.1, 0.15) is 5.69 Å². The van der Waals surface area contributed by atoms with Gasteiger partial charge >= 0.3 is 0 Å². The molecule has 6 N–H and O–H groups in total. The van der Waals surface area contributed by atoms with E-state index in [9.17, 15) is 10.1 Å². The fourth-order valence-corrected chi connectivity index (χ4v) is 2.82. The van der Waals surface area contributed by atoms with E-state index >= 15 is 0 Å². The second kappa shape index (κ2) is 9.02. The summed E-state index contributed by atoms with van der Waals surface area (Å²) in [5.74, 6) is 1.88. The lowest BCUT2D eigenvalue weighted by atomic mass is 10.6. The molecule has 0 amide bonds. The molecule has 1 aromatic rings. The van der Waals surface area contributed by atoms with Crippen molar-refractivity contribution in [3.63, 3.8) is 0 Å². The summed E-state index contributed by atoms with van der Waals surface area (Å²) in [6, 6.07) is 0. The molecular weight excluding hydrogens is 314 g/mol. The fourth-order valence-electron chi connectivity index (χ4n) is 1.26. The summed E-state index contributed by atoms with van der Waals surface area (Å²) >= 11 is 3.03. The molecule has 1 heterocycles. The third-order valence-electron chi connectivity index (χ3n) is 2.08. The minimum absolute atomic E-state index is 0.00933. The lowest BCUT2D eigenvalue weighted by molar-refractivity contribution is -0.404. The summed E-state index contributed by atoms with van der Waals surface area (Å²) in [5, 5.41) is 18.4. The molecule has 0 aliphatic rings. The van der Waals surface area contributed by atoms with Gasteiger partial charge in [-0.25, -0.2) is 4.98 Å². The largest absolute Gasteiger partial charge is 0.370 e. The number of nitrogens with zero attached hydrogens (tertiary/aromatic N) is 3. The van der Waals surface area contributed by atoms with Crippen LogP contribution >= 0.6 is 23.1 Å². The van der Waals surface area contributed by atoms with E-state index in [-0.39, 0.29) is 5.96 Å². The van der Waals surface area contributed by atoms with Crippen LogP contribution in [0.15, 0.2) is 22.4 Å². The van der Waals surface area contributed by atoms with E-state index in [0.29, 0.717) is 17.5 Å². The maximum atomic E-state index is 10.3. The molecule has 21 heavy (non-hydrogen) atoms. The van der Waals surface area contributed by atoms with Crippen LogP contribution < -0.4 is 22.1 Å². The number of rotatable bonds is 9. The highest BCUT2D eigenvalue weighted by molar-refractivity contribution is 7.98. The van der Waals surface area contributed by atoms with E-state index in [1.165, 1.54) is 11.3 Å². The number of thioether (sulfide) groups is 1. The number of guanidine groups is 1. The van der Waals surface area contributed by atoms with Crippen molar-refractivity contribution >= 4 is 34.2 Å². The first-order valence-electron chi connectivity index (χ1n) is 5.90. The van der Waals surface area contributed by atoms with Gasteiger partial charge in [-0.05, 0) is 0 Å². The Morgan fingerprint density at radius 1 is 1.67 bits per heavy atom. The van der Waals surface area contributed by atoms with Crippen molar-refractivity contribution in [2.75, 3.05) is 19.3 Å². The Morgan fingerprint density at radius 2 is 2.43 bits per heavy atom. The molecule has 0 aromatic carbocycles. The van der Waals surface area contributed by atoms with E-state index in [1.54, 1.807) is 18.8 Å². The number of hydrogen-bond acceptors (Lipinski definition) is 8. The van der Waals surface area contributed by atoms with Crippen LogP contribution in [-0.2, 0) is 5.75 Å². The smallest absolute Gasteiger partial charge is 0.274 e. The number of nitrogens with two attached hydrogens (primary N) is 2. The van der Waals surface area contributed by atoms with E-state index in [1.807, 2.05) is 5.38 Å². The molecule has 0 aliphatic carbocycles.